The van der Waals surface area contributed by atoms with Crippen LogP contribution in [0.1, 0.15) is 29.1 Å². The number of rotatable bonds is 4. The van der Waals surface area contributed by atoms with Gasteiger partial charge in [-0.15, -0.1) is 0 Å². The van der Waals surface area contributed by atoms with Crippen molar-refractivity contribution < 1.29 is 9.21 Å². The summed E-state index contributed by atoms with van der Waals surface area (Å²) in [4.78, 5) is 18.7. The molecular formula is C21H18BrN3O2. The van der Waals surface area contributed by atoms with Crippen molar-refractivity contribution in [1.29, 1.82) is 0 Å². The van der Waals surface area contributed by atoms with Crippen LogP contribution < -0.4 is 0 Å². The standard InChI is InChI=1S/C21H18BrN3O2/c1-14(24(2)21(26)19-11-12-20(22)27-19)15-7-9-16(10-8-15)25-13-23-17-5-3-4-6-18(17)25/h3-14H,1-2H3/t14-/m0/s1. The van der Waals surface area contributed by atoms with Gasteiger partial charge in [-0.3, -0.25) is 9.36 Å². The molecule has 0 bridgehead atoms. The topological polar surface area (TPSA) is 51.3 Å². The van der Waals surface area contributed by atoms with Gasteiger partial charge in [0.1, 0.15) is 6.33 Å². The van der Waals surface area contributed by atoms with Gasteiger partial charge >= 0.3 is 0 Å². The van der Waals surface area contributed by atoms with Gasteiger partial charge in [-0.25, -0.2) is 4.98 Å². The fourth-order valence-electron chi connectivity index (χ4n) is 3.08. The molecule has 0 saturated carbocycles. The fraction of sp³-hybridized carbons (Fsp3) is 0.143. The smallest absolute Gasteiger partial charge is 0.289 e. The van der Waals surface area contributed by atoms with E-state index in [-0.39, 0.29) is 11.9 Å². The van der Waals surface area contributed by atoms with Crippen LogP contribution >= 0.6 is 15.9 Å². The average Bonchev–Trinajstić information content (AvgIpc) is 3.33. The van der Waals surface area contributed by atoms with Crippen LogP contribution in [0.15, 0.2) is 76.1 Å². The first-order valence-corrected chi connectivity index (χ1v) is 9.39. The molecule has 0 saturated heterocycles. The minimum atomic E-state index is -0.155. The number of aromatic nitrogens is 2. The zero-order valence-corrected chi connectivity index (χ0v) is 16.6. The zero-order chi connectivity index (χ0) is 19.0. The first kappa shape index (κ1) is 17.5. The Kier molecular flexibility index (Phi) is 4.58. The zero-order valence-electron chi connectivity index (χ0n) is 15.0. The summed E-state index contributed by atoms with van der Waals surface area (Å²) in [7, 11) is 1.78. The second kappa shape index (κ2) is 7.04. The van der Waals surface area contributed by atoms with Crippen LogP contribution in [0.25, 0.3) is 16.7 Å². The number of imidazole rings is 1. The lowest BCUT2D eigenvalue weighted by atomic mass is 10.1. The molecule has 0 aliphatic rings. The number of hydrogen-bond acceptors (Lipinski definition) is 3. The lowest BCUT2D eigenvalue weighted by Crippen LogP contribution is -2.29. The summed E-state index contributed by atoms with van der Waals surface area (Å²) >= 11 is 3.23. The van der Waals surface area contributed by atoms with Crippen LogP contribution in [-0.4, -0.2) is 27.4 Å². The second-order valence-corrected chi connectivity index (χ2v) is 7.17. The number of furan rings is 1. The van der Waals surface area contributed by atoms with Crippen molar-refractivity contribution in [2.45, 2.75) is 13.0 Å². The Morgan fingerprint density at radius 2 is 1.85 bits per heavy atom. The molecule has 0 aliphatic carbocycles. The van der Waals surface area contributed by atoms with Crippen molar-refractivity contribution >= 4 is 32.9 Å². The van der Waals surface area contributed by atoms with Gasteiger partial charge in [0.25, 0.3) is 5.91 Å². The summed E-state index contributed by atoms with van der Waals surface area (Å²) in [5.41, 5.74) is 4.10. The fourth-order valence-corrected chi connectivity index (χ4v) is 3.39. The molecule has 2 heterocycles. The number of fused-ring (bicyclic) bond motifs is 1. The monoisotopic (exact) mass is 423 g/mol. The van der Waals surface area contributed by atoms with E-state index in [9.17, 15) is 4.79 Å². The highest BCUT2D eigenvalue weighted by Crippen LogP contribution is 2.25. The molecule has 6 heteroatoms. The van der Waals surface area contributed by atoms with E-state index >= 15 is 0 Å². The number of carbonyl (C=O) groups excluding carboxylic acids is 1. The molecule has 27 heavy (non-hydrogen) atoms. The highest BCUT2D eigenvalue weighted by atomic mass is 79.9. The highest BCUT2D eigenvalue weighted by molar-refractivity contribution is 9.10. The number of para-hydroxylation sites is 2. The summed E-state index contributed by atoms with van der Waals surface area (Å²) in [6, 6.07) is 19.5. The maximum atomic E-state index is 12.6. The highest BCUT2D eigenvalue weighted by Gasteiger charge is 2.21. The molecule has 4 aromatic rings. The summed E-state index contributed by atoms with van der Waals surface area (Å²) in [6.07, 6.45) is 1.83. The molecule has 0 spiro atoms. The summed E-state index contributed by atoms with van der Waals surface area (Å²) < 4.78 is 7.98. The van der Waals surface area contributed by atoms with E-state index in [1.54, 1.807) is 24.1 Å². The van der Waals surface area contributed by atoms with Gasteiger partial charge in [0.05, 0.1) is 17.1 Å². The molecule has 0 N–H and O–H groups in total. The first-order chi connectivity index (χ1) is 13.0. The van der Waals surface area contributed by atoms with Crippen molar-refractivity contribution in [1.82, 2.24) is 14.5 Å². The molecule has 4 rings (SSSR count). The van der Waals surface area contributed by atoms with E-state index in [4.69, 9.17) is 4.42 Å². The maximum Gasteiger partial charge on any atom is 0.289 e. The summed E-state index contributed by atoms with van der Waals surface area (Å²) in [5.74, 6) is 0.163. The summed E-state index contributed by atoms with van der Waals surface area (Å²) in [5, 5.41) is 0. The number of benzene rings is 2. The van der Waals surface area contributed by atoms with Crippen molar-refractivity contribution in [2.24, 2.45) is 0 Å². The van der Waals surface area contributed by atoms with Crippen LogP contribution in [0, 0.1) is 0 Å². The Morgan fingerprint density at radius 1 is 1.11 bits per heavy atom. The number of nitrogens with zero attached hydrogens (tertiary/aromatic N) is 3. The van der Waals surface area contributed by atoms with Crippen molar-refractivity contribution in [3.8, 4) is 5.69 Å². The number of hydrogen-bond donors (Lipinski definition) is 0. The van der Waals surface area contributed by atoms with Gasteiger partial charge in [0, 0.05) is 12.7 Å². The molecule has 0 radical (unpaired) electrons. The van der Waals surface area contributed by atoms with Gasteiger partial charge in [0.2, 0.25) is 0 Å². The molecule has 5 nitrogen and oxygen atoms in total. The lowest BCUT2D eigenvalue weighted by molar-refractivity contribution is 0.0709. The Bertz CT molecular complexity index is 1100. The molecule has 0 fully saturated rings. The van der Waals surface area contributed by atoms with Gasteiger partial charge in [-0.1, -0.05) is 24.3 Å². The van der Waals surface area contributed by atoms with E-state index in [1.165, 1.54) is 0 Å². The Hall–Kier alpha value is -2.86. The van der Waals surface area contributed by atoms with Crippen LogP contribution in [0.5, 0.6) is 0 Å². The molecule has 0 unspecified atom stereocenters. The Balaban J connectivity index is 1.57. The van der Waals surface area contributed by atoms with Crippen LogP contribution in [-0.2, 0) is 0 Å². The van der Waals surface area contributed by atoms with E-state index in [1.807, 2.05) is 61.8 Å². The number of amides is 1. The van der Waals surface area contributed by atoms with Crippen molar-refractivity contribution in [3.05, 3.63) is 83.0 Å². The summed E-state index contributed by atoms with van der Waals surface area (Å²) in [6.45, 7) is 2.00. The van der Waals surface area contributed by atoms with Gasteiger partial charge < -0.3 is 9.32 Å². The average molecular weight is 424 g/mol. The van der Waals surface area contributed by atoms with Gasteiger partial charge in [-0.05, 0) is 64.8 Å². The molecule has 136 valence electrons. The predicted molar refractivity (Wildman–Crippen MR) is 108 cm³/mol. The lowest BCUT2D eigenvalue weighted by Gasteiger charge is -2.24. The van der Waals surface area contributed by atoms with Crippen LogP contribution in [0.3, 0.4) is 0 Å². The normalized spacial score (nSPS) is 12.3. The van der Waals surface area contributed by atoms with E-state index in [0.717, 1.165) is 22.3 Å². The van der Waals surface area contributed by atoms with Gasteiger partial charge in [0.15, 0.2) is 10.4 Å². The van der Waals surface area contributed by atoms with Crippen molar-refractivity contribution in [3.63, 3.8) is 0 Å². The number of carbonyl (C=O) groups is 1. The first-order valence-electron chi connectivity index (χ1n) is 8.59. The van der Waals surface area contributed by atoms with E-state index in [0.29, 0.717) is 10.4 Å². The molecule has 0 aliphatic heterocycles. The predicted octanol–water partition coefficient (Wildman–Crippen LogP) is 5.21. The van der Waals surface area contributed by atoms with Crippen LogP contribution in [0.4, 0.5) is 0 Å². The molecule has 1 amide bonds. The van der Waals surface area contributed by atoms with Crippen molar-refractivity contribution in [2.75, 3.05) is 7.05 Å². The third-order valence-corrected chi connectivity index (χ3v) is 5.22. The molecule has 2 aromatic heterocycles. The maximum absolute atomic E-state index is 12.6. The molecular weight excluding hydrogens is 406 g/mol. The quantitative estimate of drug-likeness (QED) is 0.452. The molecule has 2 aromatic carbocycles. The minimum absolute atomic E-state index is 0.0880. The Morgan fingerprint density at radius 3 is 2.56 bits per heavy atom. The van der Waals surface area contributed by atoms with Gasteiger partial charge in [-0.2, -0.15) is 0 Å². The van der Waals surface area contributed by atoms with Crippen LogP contribution in [0.2, 0.25) is 0 Å². The second-order valence-electron chi connectivity index (χ2n) is 6.39. The molecule has 1 atom stereocenters. The SMILES string of the molecule is C[C@@H](c1ccc(-n2cnc3ccccc32)cc1)N(C)C(=O)c1ccc(Br)o1. The van der Waals surface area contributed by atoms with E-state index < -0.39 is 0 Å². The number of halogens is 1. The minimum Gasteiger partial charge on any atom is -0.444 e. The van der Waals surface area contributed by atoms with E-state index in [2.05, 4.69) is 25.5 Å². The Labute approximate surface area is 165 Å². The largest absolute Gasteiger partial charge is 0.444 e. The third kappa shape index (κ3) is 3.28. The third-order valence-electron chi connectivity index (χ3n) is 4.79.